The molecular weight excluding hydrogens is 328 g/mol. The van der Waals surface area contributed by atoms with E-state index in [9.17, 15) is 9.59 Å². The summed E-state index contributed by atoms with van der Waals surface area (Å²) in [4.78, 5) is 31.1. The lowest BCUT2D eigenvalue weighted by atomic mass is 10.1. The van der Waals surface area contributed by atoms with Crippen molar-refractivity contribution in [2.24, 2.45) is 0 Å². The minimum absolute atomic E-state index is 0.0467. The third-order valence-corrected chi connectivity index (χ3v) is 4.89. The van der Waals surface area contributed by atoms with Gasteiger partial charge in [0.25, 0.3) is 5.91 Å². The molecule has 26 heavy (non-hydrogen) atoms. The van der Waals surface area contributed by atoms with Crippen LogP contribution in [0.1, 0.15) is 21.5 Å². The maximum absolute atomic E-state index is 12.6. The maximum Gasteiger partial charge on any atom is 0.251 e. The summed E-state index contributed by atoms with van der Waals surface area (Å²) in [5, 5.41) is 2.72. The largest absolute Gasteiger partial charge is 0.343 e. The van der Waals surface area contributed by atoms with Gasteiger partial charge in [0.15, 0.2) is 0 Å². The normalized spacial score (nSPS) is 13.1. The second-order valence-electron chi connectivity index (χ2n) is 6.58. The van der Waals surface area contributed by atoms with E-state index in [2.05, 4.69) is 10.3 Å². The molecule has 0 aliphatic carbocycles. The SMILES string of the molecule is Cc1ccc(C(=O)NCC(=O)N2CCn3c2nc2ccccc23)cc1C. The number of carbonyl (C=O) groups excluding carboxylic acids is 2. The summed E-state index contributed by atoms with van der Waals surface area (Å²) in [6.07, 6.45) is 0. The van der Waals surface area contributed by atoms with Crippen LogP contribution in [-0.4, -0.2) is 34.5 Å². The van der Waals surface area contributed by atoms with Crippen molar-refractivity contribution in [3.05, 3.63) is 59.2 Å². The molecule has 6 nitrogen and oxygen atoms in total. The second-order valence-corrected chi connectivity index (χ2v) is 6.58. The summed E-state index contributed by atoms with van der Waals surface area (Å²) >= 11 is 0. The summed E-state index contributed by atoms with van der Waals surface area (Å²) in [5.74, 6) is 0.252. The van der Waals surface area contributed by atoms with Crippen LogP contribution in [0, 0.1) is 13.8 Å². The van der Waals surface area contributed by atoms with Crippen molar-refractivity contribution in [1.82, 2.24) is 14.9 Å². The highest BCUT2D eigenvalue weighted by atomic mass is 16.2. The van der Waals surface area contributed by atoms with Crippen LogP contribution in [0.25, 0.3) is 11.0 Å². The van der Waals surface area contributed by atoms with Crippen LogP contribution >= 0.6 is 0 Å². The van der Waals surface area contributed by atoms with Crippen molar-refractivity contribution in [3.8, 4) is 0 Å². The van der Waals surface area contributed by atoms with Crippen molar-refractivity contribution in [2.45, 2.75) is 20.4 Å². The molecule has 132 valence electrons. The van der Waals surface area contributed by atoms with Gasteiger partial charge in [0, 0.05) is 18.7 Å². The van der Waals surface area contributed by atoms with Crippen molar-refractivity contribution in [1.29, 1.82) is 0 Å². The highest BCUT2D eigenvalue weighted by Gasteiger charge is 2.28. The van der Waals surface area contributed by atoms with Crippen molar-refractivity contribution < 1.29 is 9.59 Å². The molecule has 0 atom stereocenters. The number of aryl methyl sites for hydroxylation is 2. The van der Waals surface area contributed by atoms with Gasteiger partial charge in [-0.3, -0.25) is 14.5 Å². The molecule has 0 radical (unpaired) electrons. The fraction of sp³-hybridized carbons (Fsp3) is 0.250. The molecular formula is C20H20N4O2. The summed E-state index contributed by atoms with van der Waals surface area (Å²) in [7, 11) is 0. The Kier molecular flexibility index (Phi) is 3.95. The number of nitrogens with one attached hydrogen (secondary N) is 1. The van der Waals surface area contributed by atoms with Gasteiger partial charge in [-0.25, -0.2) is 4.98 Å². The molecule has 3 aromatic rings. The Labute approximate surface area is 151 Å². The number of hydrogen-bond acceptors (Lipinski definition) is 3. The predicted octanol–water partition coefficient (Wildman–Crippen LogP) is 2.43. The van der Waals surface area contributed by atoms with Gasteiger partial charge in [0.1, 0.15) is 0 Å². The Bertz CT molecular complexity index is 1020. The summed E-state index contributed by atoms with van der Waals surface area (Å²) in [6, 6.07) is 13.4. The van der Waals surface area contributed by atoms with E-state index in [-0.39, 0.29) is 18.4 Å². The fourth-order valence-electron chi connectivity index (χ4n) is 3.26. The molecule has 2 amide bonds. The molecule has 0 fully saturated rings. The van der Waals surface area contributed by atoms with E-state index in [1.807, 2.05) is 54.8 Å². The third-order valence-electron chi connectivity index (χ3n) is 4.89. The van der Waals surface area contributed by atoms with Crippen LogP contribution in [0.5, 0.6) is 0 Å². The lowest BCUT2D eigenvalue weighted by Gasteiger charge is -2.14. The first-order valence-corrected chi connectivity index (χ1v) is 8.65. The number of hydrogen-bond donors (Lipinski definition) is 1. The van der Waals surface area contributed by atoms with Crippen LogP contribution in [0.3, 0.4) is 0 Å². The number of fused-ring (bicyclic) bond motifs is 3. The Morgan fingerprint density at radius 1 is 1.08 bits per heavy atom. The van der Waals surface area contributed by atoms with Crippen LogP contribution in [0.4, 0.5) is 5.95 Å². The molecule has 0 bridgehead atoms. The van der Waals surface area contributed by atoms with Crippen LogP contribution in [0.2, 0.25) is 0 Å². The number of nitrogens with zero attached hydrogens (tertiary/aromatic N) is 3. The predicted molar refractivity (Wildman–Crippen MR) is 100 cm³/mol. The molecule has 1 aliphatic rings. The zero-order chi connectivity index (χ0) is 18.3. The molecule has 0 spiro atoms. The smallest absolute Gasteiger partial charge is 0.251 e. The number of carbonyl (C=O) groups is 2. The number of benzene rings is 2. The van der Waals surface area contributed by atoms with E-state index in [1.54, 1.807) is 11.0 Å². The van der Waals surface area contributed by atoms with E-state index in [0.717, 1.165) is 22.2 Å². The first kappa shape index (κ1) is 16.3. The molecule has 0 saturated heterocycles. The van der Waals surface area contributed by atoms with Gasteiger partial charge in [-0.05, 0) is 49.2 Å². The van der Waals surface area contributed by atoms with Gasteiger partial charge in [0.2, 0.25) is 11.9 Å². The highest BCUT2D eigenvalue weighted by molar-refractivity contribution is 6.01. The van der Waals surface area contributed by atoms with Crippen LogP contribution in [0.15, 0.2) is 42.5 Å². The van der Waals surface area contributed by atoms with Crippen LogP contribution in [-0.2, 0) is 11.3 Å². The van der Waals surface area contributed by atoms with Crippen molar-refractivity contribution in [2.75, 3.05) is 18.0 Å². The van der Waals surface area contributed by atoms with E-state index in [0.29, 0.717) is 24.6 Å². The number of amides is 2. The Morgan fingerprint density at radius 2 is 1.88 bits per heavy atom. The van der Waals surface area contributed by atoms with E-state index in [4.69, 9.17) is 0 Å². The van der Waals surface area contributed by atoms with E-state index in [1.165, 1.54) is 0 Å². The Morgan fingerprint density at radius 3 is 2.69 bits per heavy atom. The number of aromatic nitrogens is 2. The van der Waals surface area contributed by atoms with Gasteiger partial charge in [-0.1, -0.05) is 18.2 Å². The number of rotatable bonds is 3. The molecule has 4 rings (SSSR count). The van der Waals surface area contributed by atoms with Crippen molar-refractivity contribution >= 4 is 28.8 Å². The molecule has 0 saturated carbocycles. The maximum atomic E-state index is 12.6. The van der Waals surface area contributed by atoms with Gasteiger partial charge in [-0.2, -0.15) is 0 Å². The van der Waals surface area contributed by atoms with Gasteiger partial charge in [-0.15, -0.1) is 0 Å². The van der Waals surface area contributed by atoms with Gasteiger partial charge in [0.05, 0.1) is 17.6 Å². The first-order valence-electron chi connectivity index (χ1n) is 8.65. The standard InChI is InChI=1S/C20H20N4O2/c1-13-7-8-15(11-14(13)2)19(26)21-12-18(25)24-10-9-23-17-6-4-3-5-16(17)22-20(23)24/h3-8,11H,9-10,12H2,1-2H3,(H,21,26). The van der Waals surface area contributed by atoms with E-state index < -0.39 is 0 Å². The quantitative estimate of drug-likeness (QED) is 0.790. The van der Waals surface area contributed by atoms with Crippen molar-refractivity contribution in [3.63, 3.8) is 0 Å². The zero-order valence-corrected chi connectivity index (χ0v) is 14.8. The van der Waals surface area contributed by atoms with E-state index >= 15 is 0 Å². The highest BCUT2D eigenvalue weighted by Crippen LogP contribution is 2.26. The lowest BCUT2D eigenvalue weighted by Crippen LogP contribution is -2.39. The average Bonchev–Trinajstić information content (AvgIpc) is 3.20. The van der Waals surface area contributed by atoms with Gasteiger partial charge >= 0.3 is 0 Å². The lowest BCUT2D eigenvalue weighted by molar-refractivity contribution is -0.117. The summed E-state index contributed by atoms with van der Waals surface area (Å²) in [6.45, 7) is 5.21. The molecule has 2 heterocycles. The second kappa shape index (κ2) is 6.29. The molecule has 1 aromatic heterocycles. The van der Waals surface area contributed by atoms with Crippen LogP contribution < -0.4 is 10.2 Å². The number of imidazole rings is 1. The molecule has 2 aromatic carbocycles. The zero-order valence-electron chi connectivity index (χ0n) is 14.8. The molecule has 6 heteroatoms. The monoisotopic (exact) mass is 348 g/mol. The Balaban J connectivity index is 1.46. The summed E-state index contributed by atoms with van der Waals surface area (Å²) in [5.41, 5.74) is 4.65. The first-order chi connectivity index (χ1) is 12.5. The number of anilines is 1. The topological polar surface area (TPSA) is 67.2 Å². The summed E-state index contributed by atoms with van der Waals surface area (Å²) < 4.78 is 2.04. The van der Waals surface area contributed by atoms with Gasteiger partial charge < -0.3 is 9.88 Å². The fourth-order valence-corrected chi connectivity index (χ4v) is 3.26. The molecule has 1 aliphatic heterocycles. The third kappa shape index (κ3) is 2.73. The molecule has 0 unspecified atom stereocenters. The average molecular weight is 348 g/mol. The minimum Gasteiger partial charge on any atom is -0.343 e. The Hall–Kier alpha value is -3.15. The molecule has 1 N–H and O–H groups in total. The minimum atomic E-state index is -0.242. The number of para-hydroxylation sites is 2.